The van der Waals surface area contributed by atoms with Gasteiger partial charge in [0.05, 0.1) is 5.69 Å². The Morgan fingerprint density at radius 3 is 1.37 bits per heavy atom. The Balaban J connectivity index is 1.23. The van der Waals surface area contributed by atoms with Gasteiger partial charge in [0.15, 0.2) is 0 Å². The van der Waals surface area contributed by atoms with Gasteiger partial charge in [-0.25, -0.2) is 9.59 Å². The van der Waals surface area contributed by atoms with Gasteiger partial charge in [0, 0.05) is 59.3 Å². The molecule has 2 atom stereocenters. The quantitative estimate of drug-likeness (QED) is 0.0953. The van der Waals surface area contributed by atoms with Crippen molar-refractivity contribution in [1.82, 2.24) is 0 Å². The van der Waals surface area contributed by atoms with E-state index in [0.717, 1.165) is 82.6 Å². The monoisotopic (exact) mass is 931 g/mol. The van der Waals surface area contributed by atoms with Crippen LogP contribution in [0.1, 0.15) is 104 Å². The maximum absolute atomic E-state index is 13.9. The fourth-order valence-electron chi connectivity index (χ4n) is 11.9. The second-order valence-electron chi connectivity index (χ2n) is 22.7. The lowest BCUT2D eigenvalue weighted by molar-refractivity contribution is -0.157. The highest BCUT2D eigenvalue weighted by atomic mass is 32.2. The Bertz CT molecular complexity index is 2950. The molecule has 4 aliphatic rings. The van der Waals surface area contributed by atoms with Crippen LogP contribution in [-0.2, 0) is 25.2 Å². The molecule has 344 valence electrons. The van der Waals surface area contributed by atoms with Crippen molar-refractivity contribution in [3.63, 3.8) is 0 Å². The van der Waals surface area contributed by atoms with Crippen LogP contribution in [0.5, 0.6) is 0 Å². The highest BCUT2D eigenvalue weighted by Gasteiger charge is 2.52. The summed E-state index contributed by atoms with van der Waals surface area (Å²) in [6, 6.07) is 50.5. The largest absolute Gasteiger partial charge is 0.386 e. The Labute approximate surface area is 411 Å². The summed E-state index contributed by atoms with van der Waals surface area (Å²) in [7, 11) is 0. The van der Waals surface area contributed by atoms with Crippen molar-refractivity contribution in [3.05, 3.63) is 195 Å². The highest BCUT2D eigenvalue weighted by molar-refractivity contribution is 8.03. The average molecular weight is 932 g/mol. The molecular weight excluding hydrogens is 871 g/mol. The first kappa shape index (κ1) is 45.9. The van der Waals surface area contributed by atoms with E-state index in [2.05, 4.69) is 202 Å². The number of cyclic esters (lactones) is 2. The predicted octanol–water partition coefficient (Wildman–Crippen LogP) is 17.0. The molecule has 0 bridgehead atoms. The molecule has 68 heavy (non-hydrogen) atoms. The fraction of sp³-hybridized carbons (Fsp3) is 0.290. The zero-order chi connectivity index (χ0) is 47.9. The lowest BCUT2D eigenvalue weighted by atomic mass is 9.61. The number of hydrogen-bond acceptors (Lipinski definition) is 6. The minimum absolute atomic E-state index is 0.00658. The van der Waals surface area contributed by atoms with Gasteiger partial charge < -0.3 is 9.64 Å². The molecule has 6 aromatic rings. The van der Waals surface area contributed by atoms with E-state index in [1.807, 2.05) is 24.3 Å². The number of ether oxygens (including phenoxy) is 1. The highest BCUT2D eigenvalue weighted by Crippen LogP contribution is 2.63. The third kappa shape index (κ3) is 8.53. The summed E-state index contributed by atoms with van der Waals surface area (Å²) in [6.45, 7) is 23.4. The van der Waals surface area contributed by atoms with E-state index in [9.17, 15) is 9.59 Å². The van der Waals surface area contributed by atoms with Crippen LogP contribution in [0, 0.1) is 22.7 Å². The van der Waals surface area contributed by atoms with Gasteiger partial charge in [-0.2, -0.15) is 0 Å². The molecule has 10 rings (SSSR count). The molecule has 1 heterocycles. The molecular formula is C62H61NO3S2. The Morgan fingerprint density at radius 1 is 0.485 bits per heavy atom. The number of anilines is 3. The van der Waals surface area contributed by atoms with Gasteiger partial charge >= 0.3 is 11.9 Å². The zero-order valence-electron chi connectivity index (χ0n) is 41.0. The number of benzene rings is 6. The van der Waals surface area contributed by atoms with Crippen LogP contribution in [0.2, 0.25) is 0 Å². The molecule has 0 radical (unpaired) electrons. The molecule has 0 amide bonds. The van der Waals surface area contributed by atoms with Gasteiger partial charge in [-0.15, -0.1) is 0 Å². The zero-order valence-corrected chi connectivity index (χ0v) is 42.6. The van der Waals surface area contributed by atoms with Crippen LogP contribution in [0.3, 0.4) is 0 Å². The molecule has 1 unspecified atom stereocenters. The fourth-order valence-corrected chi connectivity index (χ4v) is 14.1. The van der Waals surface area contributed by atoms with E-state index in [4.69, 9.17) is 4.74 Å². The first-order valence-electron chi connectivity index (χ1n) is 24.0. The lowest BCUT2D eigenvalue weighted by Gasteiger charge is -2.45. The normalized spacial score (nSPS) is 18.0. The Kier molecular flexibility index (Phi) is 11.5. The van der Waals surface area contributed by atoms with Gasteiger partial charge in [-0.1, -0.05) is 178 Å². The van der Waals surface area contributed by atoms with E-state index < -0.39 is 17.9 Å². The second kappa shape index (κ2) is 17.0. The standard InChI is InChI=1S/C62H61NO3S2/c1-59(2,3)36-61(7,8)38-24-28-40(29-25-38)63(41-30-26-39(27-31-41)62(9,10)37-60(4,5)6)49-33-32-46-52-44(49)22-17-23-45(52)54-50(67-42-18-13-11-14-19-42)34-47-53-48(58(65)66-57(47)64)35-51(55(46)56(53)54)68-43-20-15-12-16-21-43/h11-35,53,56H,36-37H2,1-10H3/t53-,56?/m0/s1. The number of allylic oxidation sites excluding steroid dienone is 4. The second-order valence-corrected chi connectivity index (χ2v) is 25.0. The van der Waals surface area contributed by atoms with Gasteiger partial charge in [0.25, 0.3) is 0 Å². The molecule has 0 saturated carbocycles. The first-order chi connectivity index (χ1) is 32.3. The van der Waals surface area contributed by atoms with Gasteiger partial charge in [0.1, 0.15) is 0 Å². The van der Waals surface area contributed by atoms with Crippen molar-refractivity contribution in [1.29, 1.82) is 0 Å². The van der Waals surface area contributed by atoms with Gasteiger partial charge in [0.2, 0.25) is 0 Å². The number of hydrogen-bond donors (Lipinski definition) is 0. The van der Waals surface area contributed by atoms with Crippen molar-refractivity contribution in [3.8, 4) is 0 Å². The van der Waals surface area contributed by atoms with Crippen molar-refractivity contribution in [2.75, 3.05) is 4.90 Å². The number of esters is 2. The smallest absolute Gasteiger partial charge is 0.342 e. The Hall–Kier alpha value is -5.82. The van der Waals surface area contributed by atoms with Crippen LogP contribution in [0.4, 0.5) is 17.1 Å². The molecule has 4 nitrogen and oxygen atoms in total. The number of carbonyl (C=O) groups is 2. The van der Waals surface area contributed by atoms with Crippen molar-refractivity contribution in [2.45, 2.75) is 103 Å². The molecule has 3 aliphatic carbocycles. The lowest BCUT2D eigenvalue weighted by Crippen LogP contribution is -2.40. The maximum Gasteiger partial charge on any atom is 0.342 e. The predicted molar refractivity (Wildman–Crippen MR) is 286 cm³/mol. The molecule has 6 heteroatoms. The number of fused-ring (bicyclic) bond motifs is 2. The van der Waals surface area contributed by atoms with Crippen LogP contribution >= 0.6 is 23.5 Å². The Morgan fingerprint density at radius 2 is 0.926 bits per heavy atom. The number of rotatable bonds is 11. The summed E-state index contributed by atoms with van der Waals surface area (Å²) in [4.78, 5) is 34.3. The maximum atomic E-state index is 13.9. The van der Waals surface area contributed by atoms with E-state index in [1.165, 1.54) is 11.1 Å². The molecule has 1 fully saturated rings. The SMILES string of the molecule is CC(C)(C)CC(C)(C)c1ccc(N(c2ccc(C(C)(C)CC(C)(C)C)cc2)c2ccc3c4c(cccc24)C2=C(Sc4ccccc4)C=C4C(=O)OC(=O)C5=CC(Sc6ccccc6)=C3C2[C@@H]45)cc1. The first-order valence-corrected chi connectivity index (χ1v) is 25.6. The third-order valence-corrected chi connectivity index (χ3v) is 16.1. The summed E-state index contributed by atoms with van der Waals surface area (Å²) in [5.74, 6) is -1.86. The average Bonchev–Trinajstić information content (AvgIpc) is 3.28. The van der Waals surface area contributed by atoms with Gasteiger partial charge in [-0.05, 0) is 140 Å². The van der Waals surface area contributed by atoms with Crippen LogP contribution in [0.15, 0.2) is 182 Å². The summed E-state index contributed by atoms with van der Waals surface area (Å²) >= 11 is 3.34. The minimum Gasteiger partial charge on any atom is -0.386 e. The van der Waals surface area contributed by atoms with Crippen molar-refractivity contribution >= 4 is 74.4 Å². The van der Waals surface area contributed by atoms with Crippen LogP contribution < -0.4 is 4.90 Å². The van der Waals surface area contributed by atoms with E-state index >= 15 is 0 Å². The molecule has 1 aliphatic heterocycles. The van der Waals surface area contributed by atoms with Crippen LogP contribution in [-0.4, -0.2) is 11.9 Å². The van der Waals surface area contributed by atoms with Crippen molar-refractivity contribution < 1.29 is 14.3 Å². The third-order valence-electron chi connectivity index (χ3n) is 13.9. The molecule has 6 aromatic carbocycles. The molecule has 0 N–H and O–H groups in total. The molecule has 0 aromatic heterocycles. The summed E-state index contributed by atoms with van der Waals surface area (Å²) in [5, 5.41) is 2.29. The van der Waals surface area contributed by atoms with E-state index in [1.54, 1.807) is 23.5 Å². The summed E-state index contributed by atoms with van der Waals surface area (Å²) in [6.07, 6.45) is 6.15. The van der Waals surface area contributed by atoms with Crippen molar-refractivity contribution in [2.24, 2.45) is 22.7 Å². The number of thioether (sulfide) groups is 2. The summed E-state index contributed by atoms with van der Waals surface area (Å²) in [5.41, 5.74) is 11.8. The topological polar surface area (TPSA) is 46.6 Å². The van der Waals surface area contributed by atoms with Gasteiger partial charge in [-0.3, -0.25) is 0 Å². The summed E-state index contributed by atoms with van der Waals surface area (Å²) < 4.78 is 5.52. The number of carbonyl (C=O) groups excluding carboxylic acids is 2. The minimum atomic E-state index is -0.559. The number of nitrogens with zero attached hydrogens (tertiary/aromatic N) is 1. The van der Waals surface area contributed by atoms with E-state index in [0.29, 0.717) is 11.1 Å². The molecule has 0 spiro atoms. The van der Waals surface area contributed by atoms with E-state index in [-0.39, 0.29) is 27.6 Å². The molecule has 1 saturated heterocycles. The van der Waals surface area contributed by atoms with Crippen LogP contribution in [0.25, 0.3) is 21.9 Å².